The van der Waals surface area contributed by atoms with E-state index in [0.29, 0.717) is 0 Å². The van der Waals surface area contributed by atoms with Gasteiger partial charge in [-0.2, -0.15) is 9.61 Å². The maximum Gasteiger partial charge on any atom is 0.158 e. The lowest BCUT2D eigenvalue weighted by Crippen LogP contribution is -2.19. The van der Waals surface area contributed by atoms with Crippen LogP contribution in [0.2, 0.25) is 0 Å². The average molecular weight is 266 g/mol. The first-order chi connectivity index (χ1) is 9.69. The third-order valence-electron chi connectivity index (χ3n) is 3.47. The van der Waals surface area contributed by atoms with Gasteiger partial charge in [0.25, 0.3) is 0 Å². The van der Waals surface area contributed by atoms with Crippen LogP contribution in [0.1, 0.15) is 12.6 Å². The minimum atomic E-state index is 0.888. The Hall–Kier alpha value is -2.36. The minimum Gasteiger partial charge on any atom is -0.360 e. The lowest BCUT2D eigenvalue weighted by Gasteiger charge is -2.18. The van der Waals surface area contributed by atoms with Gasteiger partial charge in [-0.1, -0.05) is 30.3 Å². The number of rotatable bonds is 3. The largest absolute Gasteiger partial charge is 0.360 e. The topological polar surface area (TPSA) is 33.4 Å². The van der Waals surface area contributed by atoms with Crippen LogP contribution in [0.5, 0.6) is 0 Å². The fourth-order valence-corrected chi connectivity index (χ4v) is 2.26. The predicted octanol–water partition coefficient (Wildman–Crippen LogP) is 3.16. The summed E-state index contributed by atoms with van der Waals surface area (Å²) >= 11 is 0. The first-order valence-electron chi connectivity index (χ1n) is 6.83. The van der Waals surface area contributed by atoms with E-state index in [1.165, 1.54) is 0 Å². The van der Waals surface area contributed by atoms with Gasteiger partial charge in [0.2, 0.25) is 0 Å². The molecule has 0 aliphatic rings. The molecule has 3 rings (SSSR count). The van der Waals surface area contributed by atoms with Crippen molar-refractivity contribution >= 4 is 11.5 Å². The molecule has 0 N–H and O–H groups in total. The molecule has 0 saturated carbocycles. The van der Waals surface area contributed by atoms with E-state index in [9.17, 15) is 0 Å². The van der Waals surface area contributed by atoms with Crippen molar-refractivity contribution in [2.45, 2.75) is 13.8 Å². The minimum absolute atomic E-state index is 0.888. The van der Waals surface area contributed by atoms with E-state index < -0.39 is 0 Å². The molecular formula is C16H18N4. The second kappa shape index (κ2) is 4.96. The Labute approximate surface area is 118 Å². The maximum absolute atomic E-state index is 4.72. The van der Waals surface area contributed by atoms with Crippen molar-refractivity contribution in [3.05, 3.63) is 48.2 Å². The second-order valence-electron chi connectivity index (χ2n) is 4.94. The Morgan fingerprint density at radius 3 is 2.60 bits per heavy atom. The van der Waals surface area contributed by atoms with Crippen LogP contribution in [0.3, 0.4) is 0 Å². The predicted molar refractivity (Wildman–Crippen MR) is 82.1 cm³/mol. The Kier molecular flexibility index (Phi) is 3.14. The Morgan fingerprint density at radius 1 is 1.15 bits per heavy atom. The average Bonchev–Trinajstić information content (AvgIpc) is 2.86. The van der Waals surface area contributed by atoms with Gasteiger partial charge in [0.15, 0.2) is 5.65 Å². The van der Waals surface area contributed by atoms with Crippen molar-refractivity contribution in [2.75, 3.05) is 18.5 Å². The highest BCUT2D eigenvalue weighted by Crippen LogP contribution is 2.24. The number of hydrogen-bond acceptors (Lipinski definition) is 3. The third-order valence-corrected chi connectivity index (χ3v) is 3.47. The maximum atomic E-state index is 4.72. The number of aromatic nitrogens is 3. The molecule has 20 heavy (non-hydrogen) atoms. The van der Waals surface area contributed by atoms with Crippen molar-refractivity contribution in [2.24, 2.45) is 0 Å². The van der Waals surface area contributed by atoms with E-state index >= 15 is 0 Å². The Bertz CT molecular complexity index is 731. The number of benzene rings is 1. The lowest BCUT2D eigenvalue weighted by atomic mass is 10.1. The molecule has 3 aromatic rings. The normalized spacial score (nSPS) is 10.9. The monoisotopic (exact) mass is 266 g/mol. The molecule has 2 aromatic heterocycles. The van der Waals surface area contributed by atoms with Crippen LogP contribution in [-0.4, -0.2) is 28.2 Å². The van der Waals surface area contributed by atoms with Crippen LogP contribution in [-0.2, 0) is 0 Å². The van der Waals surface area contributed by atoms with Crippen LogP contribution >= 0.6 is 0 Å². The van der Waals surface area contributed by atoms with Gasteiger partial charge in [-0.3, -0.25) is 0 Å². The zero-order valence-corrected chi connectivity index (χ0v) is 12.0. The molecular weight excluding hydrogens is 248 g/mol. The fraction of sp³-hybridized carbons (Fsp3) is 0.250. The SMILES string of the molecule is CCN(C)c1cc(-c2ccccc2)nc2cc(C)nn12. The Morgan fingerprint density at radius 2 is 1.90 bits per heavy atom. The van der Waals surface area contributed by atoms with Gasteiger partial charge in [-0.05, 0) is 13.8 Å². The van der Waals surface area contributed by atoms with Gasteiger partial charge >= 0.3 is 0 Å². The number of aryl methyl sites for hydroxylation is 1. The highest BCUT2D eigenvalue weighted by Gasteiger charge is 2.11. The van der Waals surface area contributed by atoms with Gasteiger partial charge in [-0.25, -0.2) is 4.98 Å². The molecule has 0 amide bonds. The molecule has 102 valence electrons. The van der Waals surface area contributed by atoms with Gasteiger partial charge in [0.1, 0.15) is 5.82 Å². The van der Waals surface area contributed by atoms with E-state index in [0.717, 1.165) is 35.0 Å². The van der Waals surface area contributed by atoms with Crippen LogP contribution < -0.4 is 4.90 Å². The van der Waals surface area contributed by atoms with Crippen molar-refractivity contribution in [1.29, 1.82) is 0 Å². The number of nitrogens with zero attached hydrogens (tertiary/aromatic N) is 4. The summed E-state index contributed by atoms with van der Waals surface area (Å²) in [6.45, 7) is 5.05. The zero-order valence-electron chi connectivity index (χ0n) is 12.0. The lowest BCUT2D eigenvalue weighted by molar-refractivity contribution is 0.846. The standard InChI is InChI=1S/C16H18N4/c1-4-19(3)16-11-14(13-8-6-5-7-9-13)17-15-10-12(2)18-20(15)16/h5-11H,4H2,1-3H3. The van der Waals surface area contributed by atoms with Crippen LogP contribution in [0.4, 0.5) is 5.82 Å². The van der Waals surface area contributed by atoms with E-state index in [1.807, 2.05) is 35.7 Å². The summed E-state index contributed by atoms with van der Waals surface area (Å²) in [6, 6.07) is 14.4. The molecule has 0 aliphatic heterocycles. The zero-order chi connectivity index (χ0) is 14.1. The summed E-state index contributed by atoms with van der Waals surface area (Å²) in [7, 11) is 2.07. The van der Waals surface area contributed by atoms with E-state index in [1.54, 1.807) is 0 Å². The van der Waals surface area contributed by atoms with Gasteiger partial charge < -0.3 is 4.90 Å². The van der Waals surface area contributed by atoms with Crippen molar-refractivity contribution < 1.29 is 0 Å². The number of anilines is 1. The number of hydrogen-bond donors (Lipinski definition) is 0. The molecule has 1 aromatic carbocycles. The van der Waals surface area contributed by atoms with Crippen molar-refractivity contribution in [3.8, 4) is 11.3 Å². The summed E-state index contributed by atoms with van der Waals surface area (Å²) < 4.78 is 1.91. The van der Waals surface area contributed by atoms with Crippen LogP contribution in [0.25, 0.3) is 16.9 Å². The molecule has 0 fully saturated rings. The van der Waals surface area contributed by atoms with Crippen LogP contribution in [0.15, 0.2) is 42.5 Å². The van der Waals surface area contributed by atoms with Gasteiger partial charge in [-0.15, -0.1) is 0 Å². The van der Waals surface area contributed by atoms with Gasteiger partial charge in [0.05, 0.1) is 11.4 Å². The molecule has 4 heteroatoms. The molecule has 0 saturated heterocycles. The smallest absolute Gasteiger partial charge is 0.158 e. The molecule has 0 bridgehead atoms. The quantitative estimate of drug-likeness (QED) is 0.730. The van der Waals surface area contributed by atoms with E-state index in [4.69, 9.17) is 4.98 Å². The van der Waals surface area contributed by atoms with Crippen molar-refractivity contribution in [1.82, 2.24) is 14.6 Å². The molecule has 0 atom stereocenters. The summed E-state index contributed by atoms with van der Waals surface area (Å²) in [5.74, 6) is 1.06. The fourth-order valence-electron chi connectivity index (χ4n) is 2.26. The molecule has 0 unspecified atom stereocenters. The molecule has 0 spiro atoms. The van der Waals surface area contributed by atoms with E-state index in [2.05, 4.69) is 42.2 Å². The highest BCUT2D eigenvalue weighted by atomic mass is 15.3. The second-order valence-corrected chi connectivity index (χ2v) is 4.94. The van der Waals surface area contributed by atoms with Crippen molar-refractivity contribution in [3.63, 3.8) is 0 Å². The van der Waals surface area contributed by atoms with E-state index in [-0.39, 0.29) is 0 Å². The first-order valence-corrected chi connectivity index (χ1v) is 6.83. The number of fused-ring (bicyclic) bond motifs is 1. The summed E-state index contributed by atoms with van der Waals surface area (Å²) in [5, 5.41) is 4.53. The summed E-state index contributed by atoms with van der Waals surface area (Å²) in [6.07, 6.45) is 0. The van der Waals surface area contributed by atoms with Crippen LogP contribution in [0, 0.1) is 6.92 Å². The Balaban J connectivity index is 2.25. The molecule has 0 radical (unpaired) electrons. The highest BCUT2D eigenvalue weighted by molar-refractivity contribution is 5.66. The molecule has 0 aliphatic carbocycles. The summed E-state index contributed by atoms with van der Waals surface area (Å²) in [4.78, 5) is 6.89. The molecule has 4 nitrogen and oxygen atoms in total. The van der Waals surface area contributed by atoms with Gasteiger partial charge in [0, 0.05) is 31.3 Å². The summed E-state index contributed by atoms with van der Waals surface area (Å²) in [5.41, 5.74) is 3.97. The molecule has 2 heterocycles. The third kappa shape index (κ3) is 2.13. The first kappa shape index (κ1) is 12.7.